The van der Waals surface area contributed by atoms with Gasteiger partial charge in [-0.1, -0.05) is 65.2 Å². The van der Waals surface area contributed by atoms with Crippen molar-refractivity contribution in [2.45, 2.75) is 104 Å². The van der Waals surface area contributed by atoms with Gasteiger partial charge >= 0.3 is 5.97 Å². The summed E-state index contributed by atoms with van der Waals surface area (Å²) in [6.45, 7) is 6.43. The molecule has 6 heteroatoms. The highest BCUT2D eigenvalue weighted by Crippen LogP contribution is 2.24. The minimum atomic E-state index is -0.529. The summed E-state index contributed by atoms with van der Waals surface area (Å²) in [7, 11) is 0. The average molecular weight is 542 g/mol. The van der Waals surface area contributed by atoms with Crippen molar-refractivity contribution in [1.82, 2.24) is 9.97 Å². The molecule has 0 aliphatic heterocycles. The van der Waals surface area contributed by atoms with Gasteiger partial charge in [-0.2, -0.15) is 5.26 Å². The van der Waals surface area contributed by atoms with Crippen LogP contribution in [0.3, 0.4) is 0 Å². The Hall–Kier alpha value is -3.72. The third-order valence-corrected chi connectivity index (χ3v) is 6.98. The third-order valence-electron chi connectivity index (χ3n) is 6.98. The van der Waals surface area contributed by atoms with Crippen LogP contribution in [0.2, 0.25) is 0 Å². The Balaban J connectivity index is 1.52. The number of carbonyl (C=O) groups is 1. The monoisotopic (exact) mass is 541 g/mol. The second kappa shape index (κ2) is 17.1. The lowest BCUT2D eigenvalue weighted by molar-refractivity contribution is 0.0734. The molecule has 0 spiro atoms. The number of benzene rings is 2. The van der Waals surface area contributed by atoms with Gasteiger partial charge in [-0.05, 0) is 80.6 Å². The van der Waals surface area contributed by atoms with Gasteiger partial charge in [-0.15, -0.1) is 0 Å². The fourth-order valence-corrected chi connectivity index (χ4v) is 4.56. The van der Waals surface area contributed by atoms with E-state index in [0.717, 1.165) is 36.8 Å². The zero-order chi connectivity index (χ0) is 28.6. The molecule has 0 aliphatic carbocycles. The van der Waals surface area contributed by atoms with Crippen molar-refractivity contribution in [1.29, 1.82) is 5.26 Å². The number of esters is 1. The molecule has 1 heterocycles. The van der Waals surface area contributed by atoms with Gasteiger partial charge in [-0.3, -0.25) is 0 Å². The van der Waals surface area contributed by atoms with E-state index in [9.17, 15) is 10.1 Å². The third kappa shape index (κ3) is 10.1. The van der Waals surface area contributed by atoms with Gasteiger partial charge in [0.05, 0.1) is 17.2 Å². The molecule has 0 bridgehead atoms. The number of unbranched alkanes of at least 4 members (excludes halogenated alkanes) is 8. The number of nitrogens with zero attached hydrogens (tertiary/aromatic N) is 3. The summed E-state index contributed by atoms with van der Waals surface area (Å²) in [6.07, 6.45) is 18.0. The quantitative estimate of drug-likeness (QED) is 0.0963. The number of aryl methyl sites for hydroxylation is 1. The van der Waals surface area contributed by atoms with E-state index in [4.69, 9.17) is 9.47 Å². The maximum absolute atomic E-state index is 12.8. The highest BCUT2D eigenvalue weighted by molar-refractivity contribution is 5.91. The summed E-state index contributed by atoms with van der Waals surface area (Å²) in [5, 5.41) is 9.62. The molecular weight excluding hydrogens is 498 g/mol. The van der Waals surface area contributed by atoms with Crippen molar-refractivity contribution in [3.8, 4) is 29.0 Å². The van der Waals surface area contributed by atoms with Crippen molar-refractivity contribution in [3.05, 3.63) is 71.5 Å². The van der Waals surface area contributed by atoms with Gasteiger partial charge in [0.1, 0.15) is 17.6 Å². The number of nitriles is 1. The predicted molar refractivity (Wildman–Crippen MR) is 160 cm³/mol. The second-order valence-corrected chi connectivity index (χ2v) is 10.4. The van der Waals surface area contributed by atoms with E-state index in [1.165, 1.54) is 57.4 Å². The number of aromatic nitrogens is 2. The average Bonchev–Trinajstić information content (AvgIpc) is 2.98. The summed E-state index contributed by atoms with van der Waals surface area (Å²) < 4.78 is 11.5. The number of rotatable bonds is 17. The van der Waals surface area contributed by atoms with Crippen LogP contribution in [-0.4, -0.2) is 22.0 Å². The molecule has 212 valence electrons. The smallest absolute Gasteiger partial charge is 0.343 e. The van der Waals surface area contributed by atoms with Crippen LogP contribution in [0.4, 0.5) is 0 Å². The number of carbonyl (C=O) groups excluding carboxylic acids is 1. The maximum Gasteiger partial charge on any atom is 0.343 e. The minimum Gasteiger partial charge on any atom is -0.489 e. The first-order valence-corrected chi connectivity index (χ1v) is 14.9. The number of hydrogen-bond acceptors (Lipinski definition) is 6. The van der Waals surface area contributed by atoms with Crippen LogP contribution >= 0.6 is 0 Å². The first-order valence-electron chi connectivity index (χ1n) is 14.9. The molecule has 1 aromatic heterocycles. The SMILES string of the molecule is CCCCCCCCc1cnc(-c2ccc(OC(=O)c3ccc(OC(C)CCCCCC)c(C#N)c3)cc2)nc1. The zero-order valence-corrected chi connectivity index (χ0v) is 24.3. The second-order valence-electron chi connectivity index (χ2n) is 10.4. The fourth-order valence-electron chi connectivity index (χ4n) is 4.56. The molecule has 0 fully saturated rings. The topological polar surface area (TPSA) is 85.1 Å². The van der Waals surface area contributed by atoms with Crippen molar-refractivity contribution in [2.24, 2.45) is 0 Å². The van der Waals surface area contributed by atoms with Gasteiger partial charge in [0, 0.05) is 18.0 Å². The van der Waals surface area contributed by atoms with Crippen molar-refractivity contribution >= 4 is 5.97 Å². The van der Waals surface area contributed by atoms with E-state index in [2.05, 4.69) is 29.9 Å². The molecule has 1 atom stereocenters. The fraction of sp³-hybridized carbons (Fsp3) is 0.471. The Kier molecular flexibility index (Phi) is 13.2. The van der Waals surface area contributed by atoms with E-state index in [-0.39, 0.29) is 6.10 Å². The summed E-state index contributed by atoms with van der Waals surface area (Å²) in [4.78, 5) is 21.8. The minimum absolute atomic E-state index is 0.000718. The number of hydrogen-bond donors (Lipinski definition) is 0. The standard InChI is InChI=1S/C34H43N3O3/c1-4-6-8-10-11-13-15-27-24-36-33(37-25-27)28-16-19-31(20-17-28)40-34(38)29-18-21-32(30(22-29)23-35)39-26(3)14-12-9-7-5-2/h16-22,24-26H,4-15H2,1-3H3. The molecule has 3 rings (SSSR count). The van der Waals surface area contributed by atoms with Crippen molar-refractivity contribution < 1.29 is 14.3 Å². The first-order chi connectivity index (χ1) is 19.5. The van der Waals surface area contributed by atoms with Crippen LogP contribution in [0, 0.1) is 11.3 Å². The Morgan fingerprint density at radius 2 is 1.52 bits per heavy atom. The highest BCUT2D eigenvalue weighted by Gasteiger charge is 2.15. The molecule has 0 N–H and O–H groups in total. The van der Waals surface area contributed by atoms with Crippen LogP contribution in [0.25, 0.3) is 11.4 Å². The highest BCUT2D eigenvalue weighted by atomic mass is 16.5. The lowest BCUT2D eigenvalue weighted by Gasteiger charge is -2.16. The van der Waals surface area contributed by atoms with Crippen LogP contribution in [0.5, 0.6) is 11.5 Å². The molecule has 6 nitrogen and oxygen atoms in total. The Labute approximate surface area is 239 Å². The summed E-state index contributed by atoms with van der Waals surface area (Å²) >= 11 is 0. The first kappa shape index (κ1) is 30.8. The largest absolute Gasteiger partial charge is 0.489 e. The number of ether oxygens (including phenoxy) is 2. The van der Waals surface area contributed by atoms with E-state index in [1.807, 2.05) is 31.5 Å². The molecule has 0 amide bonds. The summed E-state index contributed by atoms with van der Waals surface area (Å²) in [5.41, 5.74) is 2.62. The molecule has 3 aromatic rings. The van der Waals surface area contributed by atoms with Crippen molar-refractivity contribution in [3.63, 3.8) is 0 Å². The Bertz CT molecular complexity index is 1220. The van der Waals surface area contributed by atoms with Crippen LogP contribution in [0.15, 0.2) is 54.9 Å². The van der Waals surface area contributed by atoms with Gasteiger partial charge in [0.15, 0.2) is 5.82 Å². The van der Waals surface area contributed by atoms with E-state index in [1.54, 1.807) is 24.3 Å². The summed E-state index contributed by atoms with van der Waals surface area (Å²) in [5.74, 6) is 1.01. The van der Waals surface area contributed by atoms with Crippen molar-refractivity contribution in [2.75, 3.05) is 0 Å². The predicted octanol–water partition coefficient (Wildman–Crippen LogP) is 8.88. The lowest BCUT2D eigenvalue weighted by Crippen LogP contribution is -2.13. The normalized spacial score (nSPS) is 11.6. The molecule has 0 saturated carbocycles. The van der Waals surface area contributed by atoms with E-state index < -0.39 is 5.97 Å². The van der Waals surface area contributed by atoms with Gasteiger partial charge in [0.2, 0.25) is 0 Å². The molecule has 2 aromatic carbocycles. The zero-order valence-electron chi connectivity index (χ0n) is 24.3. The molecule has 0 saturated heterocycles. The van der Waals surface area contributed by atoms with Gasteiger partial charge in [-0.25, -0.2) is 14.8 Å². The summed E-state index contributed by atoms with van der Waals surface area (Å²) in [6, 6.07) is 14.1. The lowest BCUT2D eigenvalue weighted by atomic mass is 10.1. The van der Waals surface area contributed by atoms with Crippen LogP contribution in [-0.2, 0) is 6.42 Å². The van der Waals surface area contributed by atoms with Crippen LogP contribution < -0.4 is 9.47 Å². The molecule has 40 heavy (non-hydrogen) atoms. The molecule has 0 radical (unpaired) electrons. The van der Waals surface area contributed by atoms with Crippen LogP contribution in [0.1, 0.15) is 113 Å². The van der Waals surface area contributed by atoms with E-state index >= 15 is 0 Å². The molecule has 0 aliphatic rings. The maximum atomic E-state index is 12.8. The van der Waals surface area contributed by atoms with Gasteiger partial charge in [0.25, 0.3) is 0 Å². The van der Waals surface area contributed by atoms with E-state index in [0.29, 0.717) is 28.5 Å². The molecule has 1 unspecified atom stereocenters. The Morgan fingerprint density at radius 3 is 2.20 bits per heavy atom. The Morgan fingerprint density at radius 1 is 0.875 bits per heavy atom. The van der Waals surface area contributed by atoms with Gasteiger partial charge < -0.3 is 9.47 Å². The molecular formula is C34H43N3O3.